The topological polar surface area (TPSA) is 59.8 Å². The highest BCUT2D eigenvalue weighted by atomic mass is 16.5. The molecule has 0 aromatic carbocycles. The number of furan rings is 1. The van der Waals surface area contributed by atoms with Crippen molar-refractivity contribution in [3.05, 3.63) is 23.7 Å². The maximum absolute atomic E-state index is 12.2. The SMILES string of the molecule is COC(=O)C1(C(=O)N(C)Cc2ccc(C)o2)CC1. The highest BCUT2D eigenvalue weighted by Gasteiger charge is 2.58. The van der Waals surface area contributed by atoms with Crippen LogP contribution >= 0.6 is 0 Å². The van der Waals surface area contributed by atoms with Crippen LogP contribution < -0.4 is 0 Å². The summed E-state index contributed by atoms with van der Waals surface area (Å²) >= 11 is 0. The van der Waals surface area contributed by atoms with E-state index in [1.54, 1.807) is 7.05 Å². The van der Waals surface area contributed by atoms with E-state index in [1.807, 2.05) is 19.1 Å². The molecule has 0 N–H and O–H groups in total. The Morgan fingerprint density at radius 1 is 1.44 bits per heavy atom. The number of aryl methyl sites for hydroxylation is 1. The molecule has 18 heavy (non-hydrogen) atoms. The van der Waals surface area contributed by atoms with E-state index in [0.717, 1.165) is 5.76 Å². The molecule has 1 heterocycles. The van der Waals surface area contributed by atoms with Gasteiger partial charge in [-0.1, -0.05) is 0 Å². The maximum atomic E-state index is 12.2. The molecule has 1 aromatic rings. The van der Waals surface area contributed by atoms with Gasteiger partial charge < -0.3 is 14.1 Å². The fourth-order valence-electron chi connectivity index (χ4n) is 2.07. The van der Waals surface area contributed by atoms with E-state index in [4.69, 9.17) is 9.15 Å². The number of methoxy groups -OCH3 is 1. The fourth-order valence-corrected chi connectivity index (χ4v) is 2.07. The van der Waals surface area contributed by atoms with E-state index >= 15 is 0 Å². The van der Waals surface area contributed by atoms with Gasteiger partial charge >= 0.3 is 5.97 Å². The molecule has 1 aliphatic rings. The molecule has 98 valence electrons. The van der Waals surface area contributed by atoms with Crippen molar-refractivity contribution >= 4 is 11.9 Å². The van der Waals surface area contributed by atoms with Crippen LogP contribution in [0, 0.1) is 12.3 Å². The van der Waals surface area contributed by atoms with Gasteiger partial charge in [0.05, 0.1) is 13.7 Å². The first kappa shape index (κ1) is 12.7. The van der Waals surface area contributed by atoms with Crippen LogP contribution in [0.25, 0.3) is 0 Å². The summed E-state index contributed by atoms with van der Waals surface area (Å²) in [6.45, 7) is 2.22. The van der Waals surface area contributed by atoms with Gasteiger partial charge in [-0.25, -0.2) is 0 Å². The third-order valence-electron chi connectivity index (χ3n) is 3.27. The molecule has 1 aliphatic carbocycles. The van der Waals surface area contributed by atoms with Gasteiger partial charge in [-0.2, -0.15) is 0 Å². The van der Waals surface area contributed by atoms with E-state index < -0.39 is 11.4 Å². The molecule has 1 amide bonds. The zero-order valence-corrected chi connectivity index (χ0v) is 10.9. The molecule has 1 aromatic heterocycles. The minimum atomic E-state index is -0.939. The van der Waals surface area contributed by atoms with Crippen LogP contribution in [0.4, 0.5) is 0 Å². The lowest BCUT2D eigenvalue weighted by atomic mass is 10.1. The molecule has 0 bridgehead atoms. The van der Waals surface area contributed by atoms with Crippen molar-refractivity contribution in [3.63, 3.8) is 0 Å². The minimum absolute atomic E-state index is 0.191. The highest BCUT2D eigenvalue weighted by molar-refractivity contribution is 6.05. The summed E-state index contributed by atoms with van der Waals surface area (Å²) in [4.78, 5) is 25.3. The van der Waals surface area contributed by atoms with Gasteiger partial charge in [-0.3, -0.25) is 9.59 Å². The Morgan fingerprint density at radius 2 is 2.11 bits per heavy atom. The quantitative estimate of drug-likeness (QED) is 0.601. The smallest absolute Gasteiger partial charge is 0.321 e. The van der Waals surface area contributed by atoms with Gasteiger partial charge in [-0.05, 0) is 31.9 Å². The van der Waals surface area contributed by atoms with Crippen LogP contribution in [0.3, 0.4) is 0 Å². The minimum Gasteiger partial charge on any atom is -0.468 e. The molecule has 0 radical (unpaired) electrons. The lowest BCUT2D eigenvalue weighted by Crippen LogP contribution is -2.38. The largest absolute Gasteiger partial charge is 0.468 e. The Balaban J connectivity index is 2.03. The number of carbonyl (C=O) groups excluding carboxylic acids is 2. The van der Waals surface area contributed by atoms with E-state index in [-0.39, 0.29) is 5.91 Å². The molecule has 0 spiro atoms. The van der Waals surface area contributed by atoms with E-state index in [9.17, 15) is 9.59 Å². The van der Waals surface area contributed by atoms with Crippen LogP contribution in [0.1, 0.15) is 24.4 Å². The number of hydrogen-bond donors (Lipinski definition) is 0. The lowest BCUT2D eigenvalue weighted by molar-refractivity contribution is -0.155. The molecule has 0 atom stereocenters. The number of nitrogens with zero attached hydrogens (tertiary/aromatic N) is 1. The first-order valence-electron chi connectivity index (χ1n) is 5.89. The van der Waals surface area contributed by atoms with Crippen LogP contribution in [0.5, 0.6) is 0 Å². The van der Waals surface area contributed by atoms with E-state index in [2.05, 4.69) is 0 Å². The summed E-state index contributed by atoms with van der Waals surface area (Å²) < 4.78 is 10.1. The molecular formula is C13H17NO4. The number of amides is 1. The van der Waals surface area contributed by atoms with Crippen LogP contribution in [-0.4, -0.2) is 30.9 Å². The van der Waals surface area contributed by atoms with Crippen LogP contribution in [-0.2, 0) is 20.9 Å². The zero-order valence-electron chi connectivity index (χ0n) is 10.9. The Kier molecular flexibility index (Phi) is 3.15. The van der Waals surface area contributed by atoms with Crippen molar-refractivity contribution in [2.75, 3.05) is 14.2 Å². The van der Waals surface area contributed by atoms with Gasteiger partial charge in [-0.15, -0.1) is 0 Å². The summed E-state index contributed by atoms with van der Waals surface area (Å²) in [5, 5.41) is 0. The van der Waals surface area contributed by atoms with Crippen molar-refractivity contribution in [3.8, 4) is 0 Å². The lowest BCUT2D eigenvalue weighted by Gasteiger charge is -2.20. The van der Waals surface area contributed by atoms with Crippen LogP contribution in [0.15, 0.2) is 16.5 Å². The monoisotopic (exact) mass is 251 g/mol. The second-order valence-electron chi connectivity index (χ2n) is 4.75. The van der Waals surface area contributed by atoms with E-state index in [1.165, 1.54) is 12.0 Å². The van der Waals surface area contributed by atoms with Crippen molar-refractivity contribution in [1.82, 2.24) is 4.90 Å². The number of ether oxygens (including phenoxy) is 1. The number of rotatable bonds is 4. The Bertz CT molecular complexity index is 473. The van der Waals surface area contributed by atoms with Gasteiger partial charge in [0.25, 0.3) is 0 Å². The average molecular weight is 251 g/mol. The molecular weight excluding hydrogens is 234 g/mol. The maximum Gasteiger partial charge on any atom is 0.321 e. The first-order chi connectivity index (χ1) is 8.49. The zero-order chi connectivity index (χ0) is 13.3. The average Bonchev–Trinajstić information content (AvgIpc) is 3.07. The van der Waals surface area contributed by atoms with Crippen molar-refractivity contribution in [2.45, 2.75) is 26.3 Å². The molecule has 1 fully saturated rings. The standard InChI is InChI=1S/C13H17NO4/c1-9-4-5-10(18-9)8-14(2)11(15)13(6-7-13)12(16)17-3/h4-5H,6-8H2,1-3H3. The van der Waals surface area contributed by atoms with Crippen molar-refractivity contribution in [1.29, 1.82) is 0 Å². The second-order valence-corrected chi connectivity index (χ2v) is 4.75. The number of hydrogen-bond acceptors (Lipinski definition) is 4. The van der Waals surface area contributed by atoms with Gasteiger partial charge in [0.15, 0.2) is 0 Å². The van der Waals surface area contributed by atoms with Gasteiger partial charge in [0, 0.05) is 7.05 Å². The molecule has 0 aliphatic heterocycles. The summed E-state index contributed by atoms with van der Waals surface area (Å²) in [5.74, 6) is 0.891. The second kappa shape index (κ2) is 4.48. The van der Waals surface area contributed by atoms with Gasteiger partial charge in [0.2, 0.25) is 5.91 Å². The summed E-state index contributed by atoms with van der Waals surface area (Å²) in [6.07, 6.45) is 1.14. The predicted octanol–water partition coefficient (Wildman–Crippen LogP) is 1.50. The normalized spacial score (nSPS) is 16.2. The Hall–Kier alpha value is -1.78. The molecule has 5 heteroatoms. The Morgan fingerprint density at radius 3 is 2.56 bits per heavy atom. The molecule has 5 nitrogen and oxygen atoms in total. The fraction of sp³-hybridized carbons (Fsp3) is 0.538. The summed E-state index contributed by atoms with van der Waals surface area (Å²) in [6, 6.07) is 3.68. The molecule has 0 unspecified atom stereocenters. The number of esters is 1. The van der Waals surface area contributed by atoms with Crippen molar-refractivity contribution in [2.24, 2.45) is 5.41 Å². The highest BCUT2D eigenvalue weighted by Crippen LogP contribution is 2.48. The molecule has 1 saturated carbocycles. The third kappa shape index (κ3) is 2.12. The third-order valence-corrected chi connectivity index (χ3v) is 3.27. The van der Waals surface area contributed by atoms with Crippen LogP contribution in [0.2, 0.25) is 0 Å². The Labute approximate surface area is 106 Å². The summed E-state index contributed by atoms with van der Waals surface area (Å²) in [7, 11) is 2.98. The van der Waals surface area contributed by atoms with Crippen molar-refractivity contribution < 1.29 is 18.7 Å². The first-order valence-corrected chi connectivity index (χ1v) is 5.89. The summed E-state index contributed by atoms with van der Waals surface area (Å²) in [5.41, 5.74) is -0.939. The molecule has 2 rings (SSSR count). The van der Waals surface area contributed by atoms with E-state index in [0.29, 0.717) is 25.1 Å². The predicted molar refractivity (Wildman–Crippen MR) is 63.6 cm³/mol. The number of carbonyl (C=O) groups is 2. The van der Waals surface area contributed by atoms with Gasteiger partial charge in [0.1, 0.15) is 16.9 Å². The molecule has 0 saturated heterocycles.